The molecule has 8 atom stereocenters. The van der Waals surface area contributed by atoms with Crippen LogP contribution < -0.4 is 0 Å². The summed E-state index contributed by atoms with van der Waals surface area (Å²) in [7, 11) is 0. The minimum Gasteiger partial charge on any atom is -0.387 e. The zero-order valence-electron chi connectivity index (χ0n) is 17.6. The molecule has 0 amide bonds. The third-order valence-corrected chi connectivity index (χ3v) is 9.39. The SMILES string of the molecule is C=C1C(=O)[C@@]23C4CC[C@@H]1[C@H]2OC(C)(C)O[C@]31OC[C@]42C(=O)CCC(C)(C)C2[C@@H]1O. The zero-order chi connectivity index (χ0) is 20.8. The molecule has 4 bridgehead atoms. The van der Waals surface area contributed by atoms with Crippen LogP contribution in [0, 0.1) is 34.0 Å². The summed E-state index contributed by atoms with van der Waals surface area (Å²) in [6.07, 6.45) is 1.12. The number of fused-ring (bicyclic) bond motifs is 1. The number of aliphatic hydroxyl groups is 1. The van der Waals surface area contributed by atoms with Crippen molar-refractivity contribution in [2.75, 3.05) is 6.61 Å². The van der Waals surface area contributed by atoms with Gasteiger partial charge in [-0.05, 0) is 50.0 Å². The van der Waals surface area contributed by atoms with Gasteiger partial charge in [0.15, 0.2) is 11.6 Å². The lowest BCUT2D eigenvalue weighted by atomic mass is 9.35. The predicted octanol–water partition coefficient (Wildman–Crippen LogP) is 2.38. The van der Waals surface area contributed by atoms with Gasteiger partial charge in [-0.3, -0.25) is 9.59 Å². The molecule has 4 aliphatic carbocycles. The highest BCUT2D eigenvalue weighted by atomic mass is 16.8. The molecule has 7 fully saturated rings. The summed E-state index contributed by atoms with van der Waals surface area (Å²) in [5, 5.41) is 11.9. The van der Waals surface area contributed by atoms with Crippen LogP contribution in [0.4, 0.5) is 0 Å². The van der Waals surface area contributed by atoms with Crippen molar-refractivity contribution in [2.24, 2.45) is 34.0 Å². The van der Waals surface area contributed by atoms with Crippen molar-refractivity contribution >= 4 is 11.6 Å². The van der Waals surface area contributed by atoms with E-state index in [4.69, 9.17) is 14.2 Å². The molecule has 1 N–H and O–H groups in total. The number of ketones is 2. The average Bonchev–Trinajstić information content (AvgIpc) is 2.75. The fraction of sp³-hybridized carbons (Fsp3) is 0.826. The molecule has 0 aromatic rings. The van der Waals surface area contributed by atoms with Crippen LogP contribution in [0.15, 0.2) is 12.2 Å². The van der Waals surface area contributed by atoms with Gasteiger partial charge < -0.3 is 19.3 Å². The van der Waals surface area contributed by atoms with Gasteiger partial charge in [0.25, 0.3) is 0 Å². The number of aliphatic hydroxyl groups excluding tert-OH is 1. The first-order valence-corrected chi connectivity index (χ1v) is 10.9. The Balaban J connectivity index is 1.69. The Kier molecular flexibility index (Phi) is 3.14. The third kappa shape index (κ3) is 1.64. The number of carbonyl (C=O) groups is 2. The van der Waals surface area contributed by atoms with Crippen molar-refractivity contribution in [3.8, 4) is 0 Å². The maximum absolute atomic E-state index is 13.9. The molecule has 3 saturated heterocycles. The highest BCUT2D eigenvalue weighted by Crippen LogP contribution is 2.78. The molecule has 3 spiro atoms. The first-order chi connectivity index (χ1) is 13.5. The summed E-state index contributed by atoms with van der Waals surface area (Å²) >= 11 is 0. The van der Waals surface area contributed by atoms with E-state index in [0.29, 0.717) is 12.0 Å². The lowest BCUT2D eigenvalue weighted by Gasteiger charge is -2.76. The number of hydrogen-bond donors (Lipinski definition) is 1. The molecule has 4 saturated carbocycles. The maximum atomic E-state index is 13.9. The van der Waals surface area contributed by atoms with E-state index >= 15 is 0 Å². The first kappa shape index (κ1) is 18.7. The monoisotopic (exact) mass is 402 g/mol. The van der Waals surface area contributed by atoms with E-state index in [1.165, 1.54) is 0 Å². The van der Waals surface area contributed by atoms with Crippen LogP contribution in [-0.2, 0) is 23.8 Å². The summed E-state index contributed by atoms with van der Waals surface area (Å²) in [5.41, 5.74) is -1.79. The summed E-state index contributed by atoms with van der Waals surface area (Å²) in [4.78, 5) is 27.5. The molecular weight excluding hydrogens is 372 g/mol. The van der Waals surface area contributed by atoms with Crippen molar-refractivity contribution in [1.29, 1.82) is 0 Å². The van der Waals surface area contributed by atoms with Gasteiger partial charge in [0, 0.05) is 18.3 Å². The Morgan fingerprint density at radius 3 is 2.59 bits per heavy atom. The second-order valence-corrected chi connectivity index (χ2v) is 11.3. The minimum absolute atomic E-state index is 0.115. The van der Waals surface area contributed by atoms with E-state index in [2.05, 4.69) is 20.4 Å². The van der Waals surface area contributed by atoms with Gasteiger partial charge in [-0.1, -0.05) is 20.4 Å². The van der Waals surface area contributed by atoms with E-state index < -0.39 is 34.6 Å². The molecule has 3 heterocycles. The first-order valence-electron chi connectivity index (χ1n) is 10.9. The van der Waals surface area contributed by atoms with E-state index in [9.17, 15) is 14.7 Å². The number of ether oxygens (including phenoxy) is 3. The van der Waals surface area contributed by atoms with E-state index in [1.807, 2.05) is 13.8 Å². The standard InChI is InChI=1S/C23H30O6/c1-11-12-6-7-13-21-10-27-23(17(26)15(21)19(2,3)9-8-14(21)24)22(13,16(11)25)18(12)28-20(4,5)29-23/h12-13,15,17-18,26H,1,6-10H2,2-5H3/t12-,13?,15?,17-,18+,21+,22-,23-/m0/s1. The van der Waals surface area contributed by atoms with Crippen LogP contribution in [0.3, 0.4) is 0 Å². The Morgan fingerprint density at radius 1 is 1.14 bits per heavy atom. The quantitative estimate of drug-likeness (QED) is 0.627. The van der Waals surface area contributed by atoms with Crippen LogP contribution >= 0.6 is 0 Å². The Hall–Kier alpha value is -1.08. The second-order valence-electron chi connectivity index (χ2n) is 11.3. The molecule has 0 aromatic carbocycles. The van der Waals surface area contributed by atoms with Crippen molar-refractivity contribution in [3.05, 3.63) is 12.2 Å². The molecule has 29 heavy (non-hydrogen) atoms. The van der Waals surface area contributed by atoms with Crippen molar-refractivity contribution in [2.45, 2.75) is 77.2 Å². The van der Waals surface area contributed by atoms with Crippen molar-refractivity contribution < 1.29 is 28.9 Å². The molecule has 158 valence electrons. The van der Waals surface area contributed by atoms with Crippen LogP contribution in [0.25, 0.3) is 0 Å². The molecule has 6 nitrogen and oxygen atoms in total. The fourth-order valence-corrected chi connectivity index (χ4v) is 8.61. The lowest BCUT2D eigenvalue weighted by Crippen LogP contribution is -2.88. The Bertz CT molecular complexity index is 875. The van der Waals surface area contributed by atoms with E-state index in [0.717, 1.165) is 19.3 Å². The molecule has 6 heteroatoms. The molecule has 7 rings (SSSR count). The van der Waals surface area contributed by atoms with Gasteiger partial charge in [0.1, 0.15) is 17.3 Å². The summed E-state index contributed by atoms with van der Waals surface area (Å²) in [5.74, 6) is -3.20. The zero-order valence-corrected chi connectivity index (χ0v) is 17.6. The number of rotatable bonds is 0. The summed E-state index contributed by atoms with van der Waals surface area (Å²) in [6.45, 7) is 12.2. The topological polar surface area (TPSA) is 82.1 Å². The Labute approximate surface area is 171 Å². The highest BCUT2D eigenvalue weighted by molar-refractivity contribution is 6.06. The van der Waals surface area contributed by atoms with Crippen LogP contribution in [0.1, 0.15) is 53.4 Å². The largest absolute Gasteiger partial charge is 0.387 e. The normalized spacial score (nSPS) is 56.2. The summed E-state index contributed by atoms with van der Waals surface area (Å²) in [6, 6.07) is 0. The minimum atomic E-state index is -1.50. The lowest BCUT2D eigenvalue weighted by molar-refractivity contribution is -0.523. The maximum Gasteiger partial charge on any atom is 0.213 e. The van der Waals surface area contributed by atoms with Crippen molar-refractivity contribution in [3.63, 3.8) is 0 Å². The van der Waals surface area contributed by atoms with Crippen molar-refractivity contribution in [1.82, 2.24) is 0 Å². The van der Waals surface area contributed by atoms with Gasteiger partial charge in [0.2, 0.25) is 5.79 Å². The molecule has 0 radical (unpaired) electrons. The van der Waals surface area contributed by atoms with Gasteiger partial charge in [-0.15, -0.1) is 0 Å². The molecule has 3 aliphatic heterocycles. The van der Waals surface area contributed by atoms with Gasteiger partial charge in [-0.2, -0.15) is 0 Å². The fourth-order valence-electron chi connectivity index (χ4n) is 8.61. The van der Waals surface area contributed by atoms with Crippen LogP contribution in [0.5, 0.6) is 0 Å². The molecular formula is C23H30O6. The van der Waals surface area contributed by atoms with Gasteiger partial charge in [0.05, 0.1) is 18.1 Å². The second kappa shape index (κ2) is 4.87. The summed E-state index contributed by atoms with van der Waals surface area (Å²) < 4.78 is 19.2. The van der Waals surface area contributed by atoms with E-state index in [-0.39, 0.29) is 41.3 Å². The number of carbonyl (C=O) groups excluding carboxylic acids is 2. The Morgan fingerprint density at radius 2 is 1.86 bits per heavy atom. The predicted molar refractivity (Wildman–Crippen MR) is 101 cm³/mol. The molecule has 7 aliphatic rings. The van der Waals surface area contributed by atoms with Crippen LogP contribution in [-0.4, -0.2) is 47.1 Å². The third-order valence-electron chi connectivity index (χ3n) is 9.39. The molecule has 2 unspecified atom stereocenters. The highest BCUT2D eigenvalue weighted by Gasteiger charge is 2.90. The van der Waals surface area contributed by atoms with Crippen LogP contribution in [0.2, 0.25) is 0 Å². The van der Waals surface area contributed by atoms with E-state index in [1.54, 1.807) is 0 Å². The molecule has 0 aromatic heterocycles. The average molecular weight is 402 g/mol. The number of Topliss-reactive ketones (excluding diaryl/α,β-unsaturated/α-hetero) is 2. The van der Waals surface area contributed by atoms with Gasteiger partial charge >= 0.3 is 0 Å². The smallest absolute Gasteiger partial charge is 0.213 e. The number of hydrogen-bond acceptors (Lipinski definition) is 6. The van der Waals surface area contributed by atoms with Gasteiger partial charge in [-0.25, -0.2) is 0 Å².